The van der Waals surface area contributed by atoms with Crippen LogP contribution in [0.1, 0.15) is 36.4 Å². The van der Waals surface area contributed by atoms with E-state index in [1.54, 1.807) is 0 Å². The third kappa shape index (κ3) is 6.31. The van der Waals surface area contributed by atoms with Gasteiger partial charge in [-0.25, -0.2) is 0 Å². The van der Waals surface area contributed by atoms with Crippen LogP contribution in [0.5, 0.6) is 0 Å². The molecule has 0 unspecified atom stereocenters. The summed E-state index contributed by atoms with van der Waals surface area (Å²) in [4.78, 5) is 19.5. The van der Waals surface area contributed by atoms with Crippen LogP contribution in [0.3, 0.4) is 0 Å². The standard InChI is InChI=1S/C25H32BCl2N3O2/c1-26(33)31-12-10-19(11-13-31)18-24(32)29-14-16-30(17-15-29)25(20-2-6-22(27)7-3-20)21-4-8-23(28)9-5-21/h2-9,19,25,33H,10-18H2,1H3. The van der Waals surface area contributed by atoms with E-state index in [0.717, 1.165) is 62.2 Å². The molecule has 2 aliphatic heterocycles. The quantitative estimate of drug-likeness (QED) is 0.612. The van der Waals surface area contributed by atoms with Crippen molar-refractivity contribution in [2.24, 2.45) is 5.92 Å². The van der Waals surface area contributed by atoms with Crippen molar-refractivity contribution in [3.05, 3.63) is 69.7 Å². The lowest BCUT2D eigenvalue weighted by molar-refractivity contribution is -0.134. The third-order valence-corrected chi connectivity index (χ3v) is 7.55. The fourth-order valence-corrected chi connectivity index (χ4v) is 5.29. The summed E-state index contributed by atoms with van der Waals surface area (Å²) in [6, 6.07) is 16.2. The van der Waals surface area contributed by atoms with E-state index >= 15 is 0 Å². The van der Waals surface area contributed by atoms with Crippen molar-refractivity contribution in [1.82, 2.24) is 14.6 Å². The molecule has 4 rings (SSSR count). The van der Waals surface area contributed by atoms with Gasteiger partial charge < -0.3 is 14.7 Å². The lowest BCUT2D eigenvalue weighted by Gasteiger charge is -2.40. The lowest BCUT2D eigenvalue weighted by Crippen LogP contribution is -2.50. The highest BCUT2D eigenvalue weighted by Crippen LogP contribution is 2.31. The summed E-state index contributed by atoms with van der Waals surface area (Å²) in [6.45, 7) is 6.67. The molecule has 5 nitrogen and oxygen atoms in total. The number of carbonyl (C=O) groups excluding carboxylic acids is 1. The second-order valence-electron chi connectivity index (χ2n) is 9.24. The summed E-state index contributed by atoms with van der Waals surface area (Å²) in [5.41, 5.74) is 2.37. The molecule has 0 bridgehead atoms. The smallest absolute Gasteiger partial charge is 0.376 e. The molecule has 0 aromatic heterocycles. The Balaban J connectivity index is 1.37. The molecule has 0 spiro atoms. The maximum Gasteiger partial charge on any atom is 0.376 e. The van der Waals surface area contributed by atoms with Gasteiger partial charge in [-0.2, -0.15) is 0 Å². The fraction of sp³-hybridized carbons (Fsp3) is 0.480. The molecule has 0 atom stereocenters. The maximum absolute atomic E-state index is 13.0. The number of nitrogens with zero attached hydrogens (tertiary/aromatic N) is 3. The second kappa shape index (κ2) is 11.2. The van der Waals surface area contributed by atoms with Crippen molar-refractivity contribution in [2.45, 2.75) is 32.1 Å². The highest BCUT2D eigenvalue weighted by Gasteiger charge is 2.30. The van der Waals surface area contributed by atoms with Crippen LogP contribution in [0.2, 0.25) is 16.9 Å². The van der Waals surface area contributed by atoms with Gasteiger partial charge in [-0.05, 0) is 74.1 Å². The summed E-state index contributed by atoms with van der Waals surface area (Å²) in [5.74, 6) is 0.682. The average Bonchev–Trinajstić information content (AvgIpc) is 2.82. The van der Waals surface area contributed by atoms with Crippen LogP contribution >= 0.6 is 23.2 Å². The molecule has 8 heteroatoms. The highest BCUT2D eigenvalue weighted by molar-refractivity contribution is 6.45. The van der Waals surface area contributed by atoms with E-state index in [1.807, 2.05) is 36.0 Å². The van der Waals surface area contributed by atoms with E-state index in [9.17, 15) is 9.82 Å². The molecule has 176 valence electrons. The minimum atomic E-state index is -0.399. The summed E-state index contributed by atoms with van der Waals surface area (Å²) >= 11 is 12.3. The van der Waals surface area contributed by atoms with Crippen LogP contribution in [-0.2, 0) is 4.79 Å². The van der Waals surface area contributed by atoms with E-state index in [-0.39, 0.29) is 11.9 Å². The predicted molar refractivity (Wildman–Crippen MR) is 136 cm³/mol. The zero-order valence-corrected chi connectivity index (χ0v) is 20.7. The molecule has 2 saturated heterocycles. The molecule has 33 heavy (non-hydrogen) atoms. The van der Waals surface area contributed by atoms with Gasteiger partial charge in [-0.3, -0.25) is 9.69 Å². The van der Waals surface area contributed by atoms with E-state index in [0.29, 0.717) is 12.3 Å². The van der Waals surface area contributed by atoms with Crippen molar-refractivity contribution < 1.29 is 9.82 Å². The van der Waals surface area contributed by atoms with E-state index in [4.69, 9.17) is 23.2 Å². The van der Waals surface area contributed by atoms with E-state index < -0.39 is 7.05 Å². The van der Waals surface area contributed by atoms with E-state index in [2.05, 4.69) is 34.0 Å². The van der Waals surface area contributed by atoms with Crippen molar-refractivity contribution >= 4 is 36.2 Å². The monoisotopic (exact) mass is 487 g/mol. The van der Waals surface area contributed by atoms with Crippen molar-refractivity contribution in [3.63, 3.8) is 0 Å². The summed E-state index contributed by atoms with van der Waals surface area (Å²) in [5, 5.41) is 11.2. The second-order valence-corrected chi connectivity index (χ2v) is 10.1. The molecule has 0 radical (unpaired) electrons. The first-order valence-electron chi connectivity index (χ1n) is 11.9. The number of rotatable bonds is 6. The Morgan fingerprint density at radius 3 is 1.85 bits per heavy atom. The van der Waals surface area contributed by atoms with Crippen LogP contribution < -0.4 is 0 Å². The molecule has 1 amide bonds. The van der Waals surface area contributed by atoms with Gasteiger partial charge in [0.25, 0.3) is 0 Å². The van der Waals surface area contributed by atoms with Gasteiger partial charge in [-0.15, -0.1) is 0 Å². The Morgan fingerprint density at radius 2 is 1.39 bits per heavy atom. The Morgan fingerprint density at radius 1 is 0.909 bits per heavy atom. The topological polar surface area (TPSA) is 47.0 Å². The third-order valence-electron chi connectivity index (χ3n) is 7.04. The molecule has 2 aromatic carbocycles. The van der Waals surface area contributed by atoms with Gasteiger partial charge in [0.1, 0.15) is 0 Å². The fourth-order valence-electron chi connectivity index (χ4n) is 5.04. The number of hydrogen-bond donors (Lipinski definition) is 1. The normalized spacial score (nSPS) is 18.6. The van der Waals surface area contributed by atoms with Crippen LogP contribution in [0.25, 0.3) is 0 Å². The number of piperidine rings is 1. The number of amides is 1. The largest absolute Gasteiger partial charge is 0.437 e. The van der Waals surface area contributed by atoms with E-state index in [1.165, 1.54) is 11.1 Å². The van der Waals surface area contributed by atoms with Crippen molar-refractivity contribution in [3.8, 4) is 0 Å². The summed E-state index contributed by atoms with van der Waals surface area (Å²) in [6.07, 6.45) is 2.57. The lowest BCUT2D eigenvalue weighted by atomic mass is 9.80. The molecule has 1 N–H and O–H groups in total. The SMILES string of the molecule is CB(O)N1CCC(CC(=O)N2CCN(C(c3ccc(Cl)cc3)c3ccc(Cl)cc3)CC2)CC1. The van der Waals surface area contributed by atoms with Crippen LogP contribution in [0.4, 0.5) is 0 Å². The first kappa shape index (κ1) is 24.6. The summed E-state index contributed by atoms with van der Waals surface area (Å²) in [7, 11) is -0.399. The van der Waals surface area contributed by atoms with Crippen LogP contribution in [0.15, 0.2) is 48.5 Å². The Labute approximate surface area is 207 Å². The molecular weight excluding hydrogens is 456 g/mol. The Bertz CT molecular complexity index is 865. The zero-order chi connectivity index (χ0) is 23.4. The van der Waals surface area contributed by atoms with Gasteiger partial charge in [0.2, 0.25) is 5.91 Å². The van der Waals surface area contributed by atoms with Gasteiger partial charge in [0, 0.05) is 42.6 Å². The van der Waals surface area contributed by atoms with Crippen LogP contribution in [-0.4, -0.2) is 71.9 Å². The molecule has 0 aliphatic carbocycles. The minimum Gasteiger partial charge on any atom is -0.437 e. The molecule has 2 heterocycles. The molecular formula is C25H32BCl2N3O2. The molecule has 2 aromatic rings. The number of carbonyl (C=O) groups is 1. The highest BCUT2D eigenvalue weighted by atomic mass is 35.5. The molecule has 0 saturated carbocycles. The van der Waals surface area contributed by atoms with Gasteiger partial charge in [0.15, 0.2) is 0 Å². The first-order chi connectivity index (χ1) is 15.9. The first-order valence-corrected chi connectivity index (χ1v) is 12.6. The summed E-state index contributed by atoms with van der Waals surface area (Å²) < 4.78 is 0. The number of piperazine rings is 1. The minimum absolute atomic E-state index is 0.0987. The number of halogens is 2. The zero-order valence-electron chi connectivity index (χ0n) is 19.2. The number of hydrogen-bond acceptors (Lipinski definition) is 4. The predicted octanol–water partition coefficient (Wildman–Crippen LogP) is 4.44. The average molecular weight is 488 g/mol. The van der Waals surface area contributed by atoms with Crippen molar-refractivity contribution in [1.29, 1.82) is 0 Å². The molecule has 2 aliphatic rings. The van der Waals surface area contributed by atoms with Crippen LogP contribution in [0, 0.1) is 5.92 Å². The maximum atomic E-state index is 13.0. The van der Waals surface area contributed by atoms with Gasteiger partial charge in [-0.1, -0.05) is 47.5 Å². The number of benzene rings is 2. The van der Waals surface area contributed by atoms with Gasteiger partial charge in [0.05, 0.1) is 6.04 Å². The Hall–Kier alpha value is -1.57. The van der Waals surface area contributed by atoms with Gasteiger partial charge >= 0.3 is 7.05 Å². The Kier molecular flexibility index (Phi) is 8.36. The van der Waals surface area contributed by atoms with Crippen molar-refractivity contribution in [2.75, 3.05) is 39.3 Å². The molecule has 2 fully saturated rings.